The summed E-state index contributed by atoms with van der Waals surface area (Å²) < 4.78 is 0. The molecule has 0 bridgehead atoms. The van der Waals surface area contributed by atoms with Gasteiger partial charge in [0.1, 0.15) is 0 Å². The van der Waals surface area contributed by atoms with Crippen molar-refractivity contribution in [3.05, 3.63) is 149 Å². The van der Waals surface area contributed by atoms with Gasteiger partial charge in [-0.2, -0.15) is 0 Å². The van der Waals surface area contributed by atoms with Crippen LogP contribution in [0.15, 0.2) is 121 Å². The zero-order valence-electron chi connectivity index (χ0n) is 17.5. The highest BCUT2D eigenvalue weighted by atomic mass is 16.1. The number of allylic oxidation sites excluding steroid dienone is 1. The van der Waals surface area contributed by atoms with Crippen LogP contribution in [0.3, 0.4) is 0 Å². The Kier molecular flexibility index (Phi) is 5.35. The minimum Gasteiger partial charge on any atom is -0.293 e. The highest BCUT2D eigenvalue weighted by molar-refractivity contribution is 6.15. The molecule has 0 aromatic heterocycles. The normalized spacial score (nSPS) is 17.2. The molecule has 0 aliphatic heterocycles. The SMILES string of the molecule is O=C(C1=Cc2ccccc2[C@@H](C(=O)c2ccccc2)[C@@H]1c1ccccc1)c1ccccc1. The second-order valence-corrected chi connectivity index (χ2v) is 8.02. The molecule has 0 N–H and O–H groups in total. The van der Waals surface area contributed by atoms with E-state index in [1.807, 2.05) is 121 Å². The quantitative estimate of drug-likeness (QED) is 0.340. The Labute approximate surface area is 187 Å². The maximum absolute atomic E-state index is 13.9. The average molecular weight is 415 g/mol. The Balaban J connectivity index is 1.73. The molecule has 0 saturated carbocycles. The topological polar surface area (TPSA) is 34.1 Å². The first-order valence-electron chi connectivity index (χ1n) is 10.8. The summed E-state index contributed by atoms with van der Waals surface area (Å²) in [7, 11) is 0. The molecule has 0 saturated heterocycles. The molecular weight excluding hydrogens is 392 g/mol. The summed E-state index contributed by atoms with van der Waals surface area (Å²) in [4.78, 5) is 27.6. The fourth-order valence-corrected chi connectivity index (χ4v) is 4.61. The average Bonchev–Trinajstić information content (AvgIpc) is 2.88. The van der Waals surface area contributed by atoms with Crippen LogP contribution in [0.25, 0.3) is 6.08 Å². The molecule has 2 heteroatoms. The number of rotatable bonds is 5. The molecule has 32 heavy (non-hydrogen) atoms. The lowest BCUT2D eigenvalue weighted by atomic mass is 9.67. The van der Waals surface area contributed by atoms with Crippen molar-refractivity contribution < 1.29 is 9.59 Å². The fraction of sp³-hybridized carbons (Fsp3) is 0.0667. The van der Waals surface area contributed by atoms with Crippen LogP contribution < -0.4 is 0 Å². The largest absolute Gasteiger partial charge is 0.293 e. The summed E-state index contributed by atoms with van der Waals surface area (Å²) in [6, 6.07) is 36.5. The fourth-order valence-electron chi connectivity index (χ4n) is 4.61. The van der Waals surface area contributed by atoms with Gasteiger partial charge in [0.2, 0.25) is 0 Å². The zero-order valence-corrected chi connectivity index (χ0v) is 17.5. The van der Waals surface area contributed by atoms with Gasteiger partial charge in [0, 0.05) is 22.6 Å². The van der Waals surface area contributed by atoms with Gasteiger partial charge in [-0.1, -0.05) is 115 Å². The van der Waals surface area contributed by atoms with Crippen molar-refractivity contribution >= 4 is 17.6 Å². The van der Waals surface area contributed by atoms with Crippen LogP contribution in [0.4, 0.5) is 0 Å². The van der Waals surface area contributed by atoms with E-state index in [1.54, 1.807) is 0 Å². The zero-order chi connectivity index (χ0) is 21.9. The lowest BCUT2D eigenvalue weighted by molar-refractivity contribution is 0.0945. The van der Waals surface area contributed by atoms with Gasteiger partial charge >= 0.3 is 0 Å². The number of ketones is 2. The molecule has 4 aromatic rings. The van der Waals surface area contributed by atoms with Crippen molar-refractivity contribution in [2.45, 2.75) is 11.8 Å². The first-order valence-corrected chi connectivity index (χ1v) is 10.8. The molecular formula is C30H22O2. The number of benzene rings is 4. The summed E-state index contributed by atoms with van der Waals surface area (Å²) in [5.41, 5.74) is 4.78. The van der Waals surface area contributed by atoms with Gasteiger partial charge in [-0.05, 0) is 22.8 Å². The summed E-state index contributed by atoms with van der Waals surface area (Å²) in [6.45, 7) is 0. The molecule has 154 valence electrons. The van der Waals surface area contributed by atoms with Crippen molar-refractivity contribution in [2.75, 3.05) is 0 Å². The Hall–Kier alpha value is -4.04. The van der Waals surface area contributed by atoms with E-state index in [9.17, 15) is 9.59 Å². The Morgan fingerprint density at radius 2 is 1.09 bits per heavy atom. The summed E-state index contributed by atoms with van der Waals surface area (Å²) in [5, 5.41) is 0. The van der Waals surface area contributed by atoms with Gasteiger partial charge in [0.25, 0.3) is 0 Å². The lowest BCUT2D eigenvalue weighted by Crippen LogP contribution is -2.28. The van der Waals surface area contributed by atoms with Crippen LogP contribution >= 0.6 is 0 Å². The van der Waals surface area contributed by atoms with Crippen LogP contribution in [0.2, 0.25) is 0 Å². The monoisotopic (exact) mass is 414 g/mol. The van der Waals surface area contributed by atoms with E-state index in [0.717, 1.165) is 16.7 Å². The van der Waals surface area contributed by atoms with Crippen molar-refractivity contribution in [3.8, 4) is 0 Å². The summed E-state index contributed by atoms with van der Waals surface area (Å²) in [6.07, 6.45) is 1.97. The van der Waals surface area contributed by atoms with Crippen LogP contribution in [-0.4, -0.2) is 11.6 Å². The standard InChI is InChI=1S/C30H22O2/c31-29(22-14-6-2-7-15-22)26-20-24-18-10-11-19-25(24)28(27(26)21-12-4-1-5-13-21)30(32)23-16-8-3-9-17-23/h1-20,27-28H/t27-,28-/m1/s1. The third kappa shape index (κ3) is 3.61. The van der Waals surface area contributed by atoms with E-state index in [-0.39, 0.29) is 17.5 Å². The molecule has 0 heterocycles. The minimum atomic E-state index is -0.483. The maximum atomic E-state index is 13.9. The minimum absolute atomic E-state index is 0.0263. The molecule has 0 amide bonds. The molecule has 5 rings (SSSR count). The van der Waals surface area contributed by atoms with Gasteiger partial charge < -0.3 is 0 Å². The molecule has 0 radical (unpaired) electrons. The van der Waals surface area contributed by atoms with Crippen molar-refractivity contribution in [2.24, 2.45) is 0 Å². The predicted molar refractivity (Wildman–Crippen MR) is 128 cm³/mol. The van der Waals surface area contributed by atoms with E-state index in [1.165, 1.54) is 0 Å². The highest BCUT2D eigenvalue weighted by Crippen LogP contribution is 2.47. The van der Waals surface area contributed by atoms with Crippen LogP contribution in [0.5, 0.6) is 0 Å². The second-order valence-electron chi connectivity index (χ2n) is 8.02. The molecule has 2 atom stereocenters. The number of hydrogen-bond acceptors (Lipinski definition) is 2. The molecule has 4 aromatic carbocycles. The van der Waals surface area contributed by atoms with Crippen LogP contribution in [0.1, 0.15) is 49.2 Å². The number of Topliss-reactive ketones (excluding diaryl/α,β-unsaturated/α-hetero) is 2. The first kappa shape index (κ1) is 19.9. The van der Waals surface area contributed by atoms with E-state index in [2.05, 4.69) is 0 Å². The Morgan fingerprint density at radius 3 is 1.75 bits per heavy atom. The first-order chi connectivity index (χ1) is 15.7. The van der Waals surface area contributed by atoms with Crippen LogP contribution in [0, 0.1) is 0 Å². The molecule has 1 aliphatic carbocycles. The molecule has 0 spiro atoms. The molecule has 0 unspecified atom stereocenters. The van der Waals surface area contributed by atoms with E-state index in [4.69, 9.17) is 0 Å². The van der Waals surface area contributed by atoms with Gasteiger partial charge in [-0.3, -0.25) is 9.59 Å². The molecule has 1 aliphatic rings. The summed E-state index contributed by atoms with van der Waals surface area (Å²) >= 11 is 0. The van der Waals surface area contributed by atoms with Crippen molar-refractivity contribution in [1.29, 1.82) is 0 Å². The number of carbonyl (C=O) groups is 2. The number of carbonyl (C=O) groups excluding carboxylic acids is 2. The second kappa shape index (κ2) is 8.60. The lowest BCUT2D eigenvalue weighted by Gasteiger charge is -2.33. The van der Waals surface area contributed by atoms with Crippen molar-refractivity contribution in [3.63, 3.8) is 0 Å². The third-order valence-electron chi connectivity index (χ3n) is 6.11. The number of fused-ring (bicyclic) bond motifs is 1. The van der Waals surface area contributed by atoms with Gasteiger partial charge in [0.15, 0.2) is 11.6 Å². The highest BCUT2D eigenvalue weighted by Gasteiger charge is 2.40. The van der Waals surface area contributed by atoms with Crippen molar-refractivity contribution in [1.82, 2.24) is 0 Å². The Bertz CT molecular complexity index is 1290. The third-order valence-corrected chi connectivity index (χ3v) is 6.11. The van der Waals surface area contributed by atoms with Crippen LogP contribution in [-0.2, 0) is 0 Å². The van der Waals surface area contributed by atoms with Gasteiger partial charge in [-0.15, -0.1) is 0 Å². The maximum Gasteiger partial charge on any atom is 0.189 e. The number of hydrogen-bond donors (Lipinski definition) is 0. The van der Waals surface area contributed by atoms with Gasteiger partial charge in [0.05, 0.1) is 5.92 Å². The Morgan fingerprint density at radius 1 is 0.562 bits per heavy atom. The van der Waals surface area contributed by atoms with E-state index in [0.29, 0.717) is 16.7 Å². The van der Waals surface area contributed by atoms with E-state index >= 15 is 0 Å². The van der Waals surface area contributed by atoms with Gasteiger partial charge in [-0.25, -0.2) is 0 Å². The predicted octanol–water partition coefficient (Wildman–Crippen LogP) is 6.72. The summed E-state index contributed by atoms with van der Waals surface area (Å²) in [5.74, 6) is -0.867. The molecule has 0 fully saturated rings. The van der Waals surface area contributed by atoms with E-state index < -0.39 is 5.92 Å². The molecule has 2 nitrogen and oxygen atoms in total. The smallest absolute Gasteiger partial charge is 0.189 e.